The van der Waals surface area contributed by atoms with Gasteiger partial charge in [-0.1, -0.05) is 23.7 Å². The van der Waals surface area contributed by atoms with E-state index in [0.29, 0.717) is 23.9 Å². The highest BCUT2D eigenvalue weighted by Gasteiger charge is 2.22. The van der Waals surface area contributed by atoms with Crippen LogP contribution in [0.4, 0.5) is 5.69 Å². The summed E-state index contributed by atoms with van der Waals surface area (Å²) in [5.74, 6) is 0.727. The molecule has 0 saturated carbocycles. The highest BCUT2D eigenvalue weighted by Crippen LogP contribution is 2.24. The number of aromatic nitrogens is 1. The molecule has 27 heavy (non-hydrogen) atoms. The van der Waals surface area contributed by atoms with Gasteiger partial charge in [0.15, 0.2) is 5.58 Å². The molecule has 3 aromatic rings. The Morgan fingerprint density at radius 1 is 1.26 bits per heavy atom. The van der Waals surface area contributed by atoms with Gasteiger partial charge in [0.2, 0.25) is 11.8 Å². The van der Waals surface area contributed by atoms with Gasteiger partial charge in [-0.3, -0.25) is 4.79 Å². The van der Waals surface area contributed by atoms with Crippen molar-refractivity contribution < 1.29 is 9.21 Å². The van der Waals surface area contributed by atoms with Gasteiger partial charge < -0.3 is 14.6 Å². The largest absolute Gasteiger partial charge is 0.437 e. The minimum Gasteiger partial charge on any atom is -0.437 e. The third-order valence-electron chi connectivity index (χ3n) is 4.73. The zero-order valence-corrected chi connectivity index (χ0v) is 15.5. The lowest BCUT2D eigenvalue weighted by Crippen LogP contribution is -2.29. The first-order valence-electron chi connectivity index (χ1n) is 8.99. The standard InChI is InChI=1S/C21H20ClN3O2/c22-16-5-7-17(8-6-16)25-12-11-15(14-25)13-23-20(26)9-10-21-24-18-3-1-2-4-19(18)27-21/h1-10,15H,11-14H2,(H,23,26)/b10-9+. The second-order valence-corrected chi connectivity index (χ2v) is 7.11. The number of hydrogen-bond acceptors (Lipinski definition) is 4. The minimum atomic E-state index is -0.137. The molecule has 1 aliphatic rings. The Morgan fingerprint density at radius 2 is 2.07 bits per heavy atom. The van der Waals surface area contributed by atoms with Gasteiger partial charge >= 0.3 is 0 Å². The lowest BCUT2D eigenvalue weighted by atomic mass is 10.1. The maximum atomic E-state index is 12.1. The summed E-state index contributed by atoms with van der Waals surface area (Å²) in [5, 5.41) is 3.71. The molecule has 0 aliphatic carbocycles. The average molecular weight is 382 g/mol. The van der Waals surface area contributed by atoms with Crippen molar-refractivity contribution in [2.24, 2.45) is 5.92 Å². The van der Waals surface area contributed by atoms with Crippen LogP contribution in [0.3, 0.4) is 0 Å². The Labute approximate surface area is 162 Å². The van der Waals surface area contributed by atoms with Crippen LogP contribution in [-0.2, 0) is 4.79 Å². The molecule has 0 bridgehead atoms. The van der Waals surface area contributed by atoms with Crippen molar-refractivity contribution in [2.45, 2.75) is 6.42 Å². The number of nitrogens with one attached hydrogen (secondary N) is 1. The van der Waals surface area contributed by atoms with Crippen LogP contribution in [0.25, 0.3) is 17.2 Å². The van der Waals surface area contributed by atoms with Crippen molar-refractivity contribution in [3.63, 3.8) is 0 Å². The predicted molar refractivity (Wildman–Crippen MR) is 108 cm³/mol. The molecular formula is C21H20ClN3O2. The molecule has 1 amide bonds. The topological polar surface area (TPSA) is 58.4 Å². The molecule has 1 aliphatic heterocycles. The molecule has 1 unspecified atom stereocenters. The van der Waals surface area contributed by atoms with E-state index >= 15 is 0 Å². The molecule has 1 fully saturated rings. The maximum Gasteiger partial charge on any atom is 0.244 e. The molecule has 2 aromatic carbocycles. The molecule has 1 atom stereocenters. The van der Waals surface area contributed by atoms with Gasteiger partial charge in [-0.2, -0.15) is 0 Å². The van der Waals surface area contributed by atoms with Gasteiger partial charge in [-0.15, -0.1) is 0 Å². The molecule has 2 heterocycles. The van der Waals surface area contributed by atoms with Crippen LogP contribution in [0, 0.1) is 5.92 Å². The number of carbonyl (C=O) groups excluding carboxylic acids is 1. The smallest absolute Gasteiger partial charge is 0.244 e. The lowest BCUT2D eigenvalue weighted by molar-refractivity contribution is -0.116. The number of hydrogen-bond donors (Lipinski definition) is 1. The van der Waals surface area contributed by atoms with Crippen LogP contribution in [-0.4, -0.2) is 30.5 Å². The van der Waals surface area contributed by atoms with Crippen molar-refractivity contribution >= 4 is 40.4 Å². The third-order valence-corrected chi connectivity index (χ3v) is 4.98. The molecule has 1 saturated heterocycles. The zero-order chi connectivity index (χ0) is 18.6. The highest BCUT2D eigenvalue weighted by atomic mass is 35.5. The number of rotatable bonds is 5. The molecule has 1 N–H and O–H groups in total. The quantitative estimate of drug-likeness (QED) is 0.675. The lowest BCUT2D eigenvalue weighted by Gasteiger charge is -2.18. The van der Waals surface area contributed by atoms with Gasteiger partial charge in [0.05, 0.1) is 0 Å². The fourth-order valence-corrected chi connectivity index (χ4v) is 3.42. The summed E-state index contributed by atoms with van der Waals surface area (Å²) in [6.45, 7) is 2.57. The summed E-state index contributed by atoms with van der Waals surface area (Å²) in [5.41, 5.74) is 2.67. The summed E-state index contributed by atoms with van der Waals surface area (Å²) in [6, 6.07) is 15.4. The Bertz CT molecular complexity index is 932. The Kier molecular flexibility index (Phi) is 5.12. The van der Waals surface area contributed by atoms with Crippen molar-refractivity contribution in [1.82, 2.24) is 10.3 Å². The molecule has 4 rings (SSSR count). The van der Waals surface area contributed by atoms with Crippen molar-refractivity contribution in [1.29, 1.82) is 0 Å². The normalized spacial score (nSPS) is 17.1. The summed E-state index contributed by atoms with van der Waals surface area (Å²) < 4.78 is 5.57. The monoisotopic (exact) mass is 381 g/mol. The number of anilines is 1. The minimum absolute atomic E-state index is 0.137. The van der Waals surface area contributed by atoms with E-state index in [4.69, 9.17) is 16.0 Å². The van der Waals surface area contributed by atoms with E-state index < -0.39 is 0 Å². The first-order valence-corrected chi connectivity index (χ1v) is 9.37. The summed E-state index contributed by atoms with van der Waals surface area (Å²) in [6.07, 6.45) is 4.12. The predicted octanol–water partition coefficient (Wildman–Crippen LogP) is 4.14. The van der Waals surface area contributed by atoms with E-state index in [1.165, 1.54) is 11.8 Å². The fourth-order valence-electron chi connectivity index (χ4n) is 3.30. The van der Waals surface area contributed by atoms with Crippen LogP contribution < -0.4 is 10.2 Å². The number of para-hydroxylation sites is 2. The van der Waals surface area contributed by atoms with Crippen LogP contribution >= 0.6 is 11.6 Å². The summed E-state index contributed by atoms with van der Waals surface area (Å²) in [4.78, 5) is 18.7. The Hall–Kier alpha value is -2.79. The molecular weight excluding hydrogens is 362 g/mol. The molecule has 1 aromatic heterocycles. The molecule has 6 heteroatoms. The van der Waals surface area contributed by atoms with Gasteiger partial charge in [-0.25, -0.2) is 4.98 Å². The number of benzene rings is 2. The van der Waals surface area contributed by atoms with Crippen LogP contribution in [0.5, 0.6) is 0 Å². The first kappa shape index (κ1) is 17.6. The molecule has 0 radical (unpaired) electrons. The van der Waals surface area contributed by atoms with E-state index in [1.54, 1.807) is 6.08 Å². The van der Waals surface area contributed by atoms with Crippen LogP contribution in [0.15, 0.2) is 59.0 Å². The SMILES string of the molecule is O=C(/C=C/c1nc2ccccc2o1)NCC1CCN(c2ccc(Cl)cc2)C1. The van der Waals surface area contributed by atoms with Gasteiger partial charge in [0.25, 0.3) is 0 Å². The maximum absolute atomic E-state index is 12.1. The summed E-state index contributed by atoms with van der Waals surface area (Å²) >= 11 is 5.94. The zero-order valence-electron chi connectivity index (χ0n) is 14.8. The van der Waals surface area contributed by atoms with Gasteiger partial charge in [0.1, 0.15) is 5.52 Å². The van der Waals surface area contributed by atoms with E-state index in [9.17, 15) is 4.79 Å². The number of fused-ring (bicyclic) bond motifs is 1. The average Bonchev–Trinajstić information content (AvgIpc) is 3.32. The van der Waals surface area contributed by atoms with E-state index in [0.717, 1.165) is 30.0 Å². The number of oxazole rings is 1. The fraction of sp³-hybridized carbons (Fsp3) is 0.238. The summed E-state index contributed by atoms with van der Waals surface area (Å²) in [7, 11) is 0. The number of amides is 1. The van der Waals surface area contributed by atoms with Crippen molar-refractivity contribution in [3.05, 3.63) is 65.5 Å². The second kappa shape index (κ2) is 7.84. The number of halogens is 1. The number of carbonyl (C=O) groups is 1. The second-order valence-electron chi connectivity index (χ2n) is 6.68. The van der Waals surface area contributed by atoms with Crippen LogP contribution in [0.1, 0.15) is 12.3 Å². The third kappa shape index (κ3) is 4.31. The van der Waals surface area contributed by atoms with Gasteiger partial charge in [-0.05, 0) is 48.7 Å². The van der Waals surface area contributed by atoms with E-state index in [1.807, 2.05) is 48.5 Å². The number of nitrogens with zero attached hydrogens (tertiary/aromatic N) is 2. The van der Waals surface area contributed by atoms with Crippen molar-refractivity contribution in [3.8, 4) is 0 Å². The van der Waals surface area contributed by atoms with Crippen molar-refractivity contribution in [2.75, 3.05) is 24.5 Å². The Morgan fingerprint density at radius 3 is 2.89 bits per heavy atom. The molecule has 138 valence electrons. The molecule has 5 nitrogen and oxygen atoms in total. The van der Waals surface area contributed by atoms with Gasteiger partial charge in [0, 0.05) is 42.5 Å². The first-order chi connectivity index (χ1) is 13.2. The van der Waals surface area contributed by atoms with E-state index in [2.05, 4.69) is 15.2 Å². The van der Waals surface area contributed by atoms with Crippen LogP contribution in [0.2, 0.25) is 5.02 Å². The van der Waals surface area contributed by atoms with E-state index in [-0.39, 0.29) is 5.91 Å². The molecule has 0 spiro atoms. The highest BCUT2D eigenvalue weighted by molar-refractivity contribution is 6.30. The Balaban J connectivity index is 1.27.